The van der Waals surface area contributed by atoms with Crippen molar-refractivity contribution in [3.8, 4) is 5.75 Å². The van der Waals surface area contributed by atoms with Gasteiger partial charge in [-0.25, -0.2) is 0 Å². The SMILES string of the molecule is COc1c(C)cc(CC(=O)NCCNC(C)=O)c(C)c1C. The van der Waals surface area contributed by atoms with Gasteiger partial charge in [0.25, 0.3) is 0 Å². The number of hydrogen-bond donors (Lipinski definition) is 2. The van der Waals surface area contributed by atoms with E-state index in [4.69, 9.17) is 4.74 Å². The van der Waals surface area contributed by atoms with Gasteiger partial charge in [0.2, 0.25) is 11.8 Å². The van der Waals surface area contributed by atoms with Gasteiger partial charge in [0.1, 0.15) is 5.75 Å². The molecular formula is C16H24N2O3. The highest BCUT2D eigenvalue weighted by molar-refractivity contribution is 5.79. The lowest BCUT2D eigenvalue weighted by molar-refractivity contribution is -0.121. The molecule has 0 bridgehead atoms. The van der Waals surface area contributed by atoms with Crippen LogP contribution < -0.4 is 15.4 Å². The highest BCUT2D eigenvalue weighted by Gasteiger charge is 2.13. The Kier molecular flexibility index (Phi) is 6.21. The van der Waals surface area contributed by atoms with E-state index in [0.717, 1.165) is 28.0 Å². The van der Waals surface area contributed by atoms with E-state index in [-0.39, 0.29) is 11.8 Å². The monoisotopic (exact) mass is 292 g/mol. The maximum Gasteiger partial charge on any atom is 0.224 e. The van der Waals surface area contributed by atoms with Crippen LogP contribution >= 0.6 is 0 Å². The maximum atomic E-state index is 11.9. The van der Waals surface area contributed by atoms with Crippen LogP contribution in [0, 0.1) is 20.8 Å². The molecule has 0 heterocycles. The molecule has 0 aliphatic heterocycles. The first-order valence-electron chi connectivity index (χ1n) is 7.01. The molecule has 0 spiro atoms. The summed E-state index contributed by atoms with van der Waals surface area (Å²) >= 11 is 0. The van der Waals surface area contributed by atoms with Crippen LogP contribution in [0.15, 0.2) is 6.07 Å². The third-order valence-electron chi connectivity index (χ3n) is 3.51. The largest absolute Gasteiger partial charge is 0.496 e. The molecule has 1 aromatic carbocycles. The fourth-order valence-electron chi connectivity index (χ4n) is 2.32. The number of rotatable bonds is 6. The number of benzene rings is 1. The molecule has 116 valence electrons. The topological polar surface area (TPSA) is 67.4 Å². The summed E-state index contributed by atoms with van der Waals surface area (Å²) in [5.41, 5.74) is 4.18. The van der Waals surface area contributed by atoms with Crippen LogP contribution in [0.5, 0.6) is 5.75 Å². The zero-order chi connectivity index (χ0) is 16.0. The Morgan fingerprint density at radius 2 is 1.71 bits per heavy atom. The van der Waals surface area contributed by atoms with Crippen molar-refractivity contribution in [3.05, 3.63) is 28.3 Å². The Bertz CT molecular complexity index is 539. The quantitative estimate of drug-likeness (QED) is 0.779. The molecule has 0 aliphatic rings. The molecule has 2 amide bonds. The molecule has 0 atom stereocenters. The van der Waals surface area contributed by atoms with Crippen LogP contribution in [0.1, 0.15) is 29.2 Å². The number of carbonyl (C=O) groups excluding carboxylic acids is 2. The van der Waals surface area contributed by atoms with E-state index in [1.54, 1.807) is 7.11 Å². The van der Waals surface area contributed by atoms with Crippen molar-refractivity contribution in [1.82, 2.24) is 10.6 Å². The lowest BCUT2D eigenvalue weighted by Gasteiger charge is -2.15. The van der Waals surface area contributed by atoms with Crippen LogP contribution in [-0.2, 0) is 16.0 Å². The van der Waals surface area contributed by atoms with E-state index >= 15 is 0 Å². The summed E-state index contributed by atoms with van der Waals surface area (Å²) < 4.78 is 5.38. The third kappa shape index (κ3) is 4.77. The molecule has 5 nitrogen and oxygen atoms in total. The zero-order valence-corrected chi connectivity index (χ0v) is 13.4. The number of hydrogen-bond acceptors (Lipinski definition) is 3. The molecule has 0 saturated heterocycles. The maximum absolute atomic E-state index is 11.9. The van der Waals surface area contributed by atoms with Gasteiger partial charge < -0.3 is 15.4 Å². The highest BCUT2D eigenvalue weighted by Crippen LogP contribution is 2.28. The van der Waals surface area contributed by atoms with Gasteiger partial charge in [0.05, 0.1) is 13.5 Å². The minimum atomic E-state index is -0.0958. The van der Waals surface area contributed by atoms with Crippen molar-refractivity contribution in [1.29, 1.82) is 0 Å². The van der Waals surface area contributed by atoms with Gasteiger partial charge in [-0.3, -0.25) is 9.59 Å². The van der Waals surface area contributed by atoms with E-state index in [2.05, 4.69) is 10.6 Å². The molecule has 1 rings (SSSR count). The Labute approximate surface area is 126 Å². The summed E-state index contributed by atoms with van der Waals surface area (Å²) in [5, 5.41) is 5.44. The Morgan fingerprint density at radius 1 is 1.10 bits per heavy atom. The number of nitrogens with one attached hydrogen (secondary N) is 2. The molecule has 0 unspecified atom stereocenters. The lowest BCUT2D eigenvalue weighted by atomic mass is 9.96. The summed E-state index contributed by atoms with van der Waals surface area (Å²) in [6.07, 6.45) is 0.331. The number of methoxy groups -OCH3 is 1. The van der Waals surface area contributed by atoms with E-state index in [1.807, 2.05) is 26.8 Å². The molecule has 0 fully saturated rings. The summed E-state index contributed by atoms with van der Waals surface area (Å²) in [7, 11) is 1.66. The van der Waals surface area contributed by atoms with Crippen LogP contribution in [0.4, 0.5) is 0 Å². The molecule has 1 aromatic rings. The van der Waals surface area contributed by atoms with E-state index in [9.17, 15) is 9.59 Å². The van der Waals surface area contributed by atoms with Crippen molar-refractivity contribution < 1.29 is 14.3 Å². The predicted molar refractivity (Wildman–Crippen MR) is 82.6 cm³/mol. The Balaban J connectivity index is 2.66. The van der Waals surface area contributed by atoms with Crippen molar-refractivity contribution in [2.24, 2.45) is 0 Å². The first kappa shape index (κ1) is 17.0. The number of amides is 2. The summed E-state index contributed by atoms with van der Waals surface area (Å²) in [5.74, 6) is 0.733. The lowest BCUT2D eigenvalue weighted by Crippen LogP contribution is -2.34. The first-order valence-corrected chi connectivity index (χ1v) is 7.01. The second-order valence-electron chi connectivity index (χ2n) is 5.15. The molecule has 0 saturated carbocycles. The van der Waals surface area contributed by atoms with E-state index in [0.29, 0.717) is 19.5 Å². The number of carbonyl (C=O) groups is 2. The second kappa shape index (κ2) is 7.67. The van der Waals surface area contributed by atoms with Crippen LogP contribution in [0.3, 0.4) is 0 Å². The van der Waals surface area contributed by atoms with Gasteiger partial charge in [0.15, 0.2) is 0 Å². The fraction of sp³-hybridized carbons (Fsp3) is 0.500. The smallest absolute Gasteiger partial charge is 0.224 e. The number of aryl methyl sites for hydroxylation is 1. The van der Waals surface area contributed by atoms with Gasteiger partial charge in [-0.05, 0) is 43.0 Å². The van der Waals surface area contributed by atoms with Crippen molar-refractivity contribution >= 4 is 11.8 Å². The molecule has 0 radical (unpaired) electrons. The molecule has 0 aromatic heterocycles. The van der Waals surface area contributed by atoms with Crippen LogP contribution in [0.2, 0.25) is 0 Å². The molecule has 0 aliphatic carbocycles. The summed E-state index contributed by atoms with van der Waals surface area (Å²) in [6.45, 7) is 8.31. The average molecular weight is 292 g/mol. The van der Waals surface area contributed by atoms with Crippen LogP contribution in [0.25, 0.3) is 0 Å². The van der Waals surface area contributed by atoms with Gasteiger partial charge in [-0.2, -0.15) is 0 Å². The van der Waals surface area contributed by atoms with E-state index < -0.39 is 0 Å². The Morgan fingerprint density at radius 3 is 2.29 bits per heavy atom. The van der Waals surface area contributed by atoms with E-state index in [1.165, 1.54) is 6.92 Å². The van der Waals surface area contributed by atoms with Crippen molar-refractivity contribution in [3.63, 3.8) is 0 Å². The van der Waals surface area contributed by atoms with Gasteiger partial charge in [-0.15, -0.1) is 0 Å². The normalized spacial score (nSPS) is 10.1. The molecule has 21 heavy (non-hydrogen) atoms. The van der Waals surface area contributed by atoms with Gasteiger partial charge in [-0.1, -0.05) is 6.07 Å². The van der Waals surface area contributed by atoms with Crippen molar-refractivity contribution in [2.75, 3.05) is 20.2 Å². The molecular weight excluding hydrogens is 268 g/mol. The minimum absolute atomic E-state index is 0.0487. The third-order valence-corrected chi connectivity index (χ3v) is 3.51. The highest BCUT2D eigenvalue weighted by atomic mass is 16.5. The molecule has 5 heteroatoms. The summed E-state index contributed by atoms with van der Waals surface area (Å²) in [6, 6.07) is 1.99. The summed E-state index contributed by atoms with van der Waals surface area (Å²) in [4.78, 5) is 22.7. The molecule has 2 N–H and O–H groups in total. The van der Waals surface area contributed by atoms with Crippen LogP contribution in [-0.4, -0.2) is 32.0 Å². The second-order valence-corrected chi connectivity index (χ2v) is 5.15. The first-order chi connectivity index (χ1) is 9.86. The van der Waals surface area contributed by atoms with Gasteiger partial charge in [0, 0.05) is 20.0 Å². The Hall–Kier alpha value is -2.04. The zero-order valence-electron chi connectivity index (χ0n) is 13.4. The fourth-order valence-corrected chi connectivity index (χ4v) is 2.32. The predicted octanol–water partition coefficient (Wildman–Crippen LogP) is 1.42. The average Bonchev–Trinajstić information content (AvgIpc) is 2.41. The standard InChI is InChI=1S/C16H24N2O3/c1-10-8-14(11(2)12(3)16(10)21-5)9-15(20)18-7-6-17-13(4)19/h8H,6-7,9H2,1-5H3,(H,17,19)(H,18,20). The van der Waals surface area contributed by atoms with Gasteiger partial charge >= 0.3 is 0 Å². The number of ether oxygens (including phenoxy) is 1. The van der Waals surface area contributed by atoms with Crippen molar-refractivity contribution in [2.45, 2.75) is 34.1 Å². The minimum Gasteiger partial charge on any atom is -0.496 e.